The number of carbonyl (C=O) groups excluding carboxylic acids is 1. The Morgan fingerprint density at radius 2 is 2.08 bits per heavy atom. The van der Waals surface area contributed by atoms with Crippen molar-refractivity contribution >= 4 is 15.9 Å². The highest BCUT2D eigenvalue weighted by Crippen LogP contribution is 1.99. The van der Waals surface area contributed by atoms with Crippen LogP contribution in [0.1, 0.15) is 6.92 Å². The highest BCUT2D eigenvalue weighted by molar-refractivity contribution is 7.85. The molecule has 5 nitrogen and oxygen atoms in total. The summed E-state index contributed by atoms with van der Waals surface area (Å²) < 4.78 is 25.4. The zero-order chi connectivity index (χ0) is 9.78. The minimum Gasteiger partial charge on any atom is -0.330 e. The maximum Gasteiger partial charge on any atom is 0.264 e. The second kappa shape index (κ2) is 4.54. The second-order valence-corrected chi connectivity index (χ2v) is 4.18. The van der Waals surface area contributed by atoms with Gasteiger partial charge in [-0.25, -0.2) is 0 Å². The summed E-state index contributed by atoms with van der Waals surface area (Å²) in [6, 6.07) is 0. The fourth-order valence-electron chi connectivity index (χ4n) is 0.557. The van der Waals surface area contributed by atoms with Crippen molar-refractivity contribution in [2.75, 3.05) is 19.4 Å². The van der Waals surface area contributed by atoms with Gasteiger partial charge in [-0.05, 0) is 6.92 Å². The average molecular weight is 195 g/mol. The fraction of sp³-hybridized carbons (Fsp3) is 0.833. The van der Waals surface area contributed by atoms with E-state index in [9.17, 15) is 13.2 Å². The third-order valence-corrected chi connectivity index (χ3v) is 1.91. The Bertz CT molecular complexity index is 246. The van der Waals surface area contributed by atoms with Crippen LogP contribution in [0.15, 0.2) is 0 Å². The van der Waals surface area contributed by atoms with Crippen molar-refractivity contribution in [2.45, 2.75) is 6.92 Å². The molecule has 2 N–H and O–H groups in total. The molecule has 0 aromatic heterocycles. The van der Waals surface area contributed by atoms with Crippen LogP contribution in [-0.4, -0.2) is 33.6 Å². The summed E-state index contributed by atoms with van der Waals surface area (Å²) in [6.07, 6.45) is 0.931. The van der Waals surface area contributed by atoms with Gasteiger partial charge in [0, 0.05) is 6.54 Å². The van der Waals surface area contributed by atoms with Gasteiger partial charge in [0.15, 0.2) is 0 Å². The van der Waals surface area contributed by atoms with Crippen LogP contribution in [0.3, 0.4) is 0 Å². The zero-order valence-electron chi connectivity index (χ0n) is 7.11. The lowest BCUT2D eigenvalue weighted by atomic mass is 10.1. The first-order valence-electron chi connectivity index (χ1n) is 3.41. The number of carbonyl (C=O) groups is 1. The number of hydrogen-bond acceptors (Lipinski definition) is 5. The second-order valence-electron chi connectivity index (χ2n) is 2.53. The van der Waals surface area contributed by atoms with Crippen molar-refractivity contribution in [2.24, 2.45) is 11.7 Å². The fourth-order valence-corrected chi connectivity index (χ4v) is 0.969. The van der Waals surface area contributed by atoms with Gasteiger partial charge in [-0.15, -0.1) is 0 Å². The first-order valence-corrected chi connectivity index (χ1v) is 5.23. The van der Waals surface area contributed by atoms with Gasteiger partial charge in [-0.3, -0.25) is 8.98 Å². The van der Waals surface area contributed by atoms with Crippen LogP contribution < -0.4 is 5.73 Å². The largest absolute Gasteiger partial charge is 0.330 e. The quantitative estimate of drug-likeness (QED) is 0.576. The molecule has 0 aliphatic carbocycles. The topological polar surface area (TPSA) is 86.5 Å². The van der Waals surface area contributed by atoms with Gasteiger partial charge in [-0.2, -0.15) is 8.42 Å². The Hall–Kier alpha value is -0.460. The summed E-state index contributed by atoms with van der Waals surface area (Å²) >= 11 is 0. The summed E-state index contributed by atoms with van der Waals surface area (Å²) in [5.41, 5.74) is 5.21. The van der Waals surface area contributed by atoms with Gasteiger partial charge < -0.3 is 5.73 Å². The molecule has 0 aliphatic rings. The van der Waals surface area contributed by atoms with Crippen molar-refractivity contribution < 1.29 is 17.4 Å². The molecule has 0 fully saturated rings. The van der Waals surface area contributed by atoms with Crippen molar-refractivity contribution in [3.63, 3.8) is 0 Å². The third kappa shape index (κ3) is 5.22. The molecule has 0 rings (SSSR count). The van der Waals surface area contributed by atoms with Crippen LogP contribution in [0.5, 0.6) is 0 Å². The number of rotatable bonds is 5. The lowest BCUT2D eigenvalue weighted by molar-refractivity contribution is -0.121. The van der Waals surface area contributed by atoms with Gasteiger partial charge in [0.1, 0.15) is 5.78 Å². The molecule has 0 spiro atoms. The zero-order valence-corrected chi connectivity index (χ0v) is 7.93. The molecular weight excluding hydrogens is 182 g/mol. The van der Waals surface area contributed by atoms with Gasteiger partial charge >= 0.3 is 0 Å². The van der Waals surface area contributed by atoms with E-state index in [1.165, 1.54) is 6.92 Å². The van der Waals surface area contributed by atoms with Crippen LogP contribution in [-0.2, 0) is 19.1 Å². The summed E-state index contributed by atoms with van der Waals surface area (Å²) in [7, 11) is -3.47. The van der Waals surface area contributed by atoms with E-state index in [-0.39, 0.29) is 18.9 Å². The van der Waals surface area contributed by atoms with Crippen LogP contribution >= 0.6 is 0 Å². The van der Waals surface area contributed by atoms with Crippen LogP contribution in [0, 0.1) is 5.92 Å². The molecule has 0 amide bonds. The normalized spacial score (nSPS) is 14.2. The Labute approximate surface area is 72.0 Å². The maximum absolute atomic E-state index is 10.7. The Balaban J connectivity index is 3.98. The molecule has 12 heavy (non-hydrogen) atoms. The maximum atomic E-state index is 10.7. The molecule has 0 radical (unpaired) electrons. The first kappa shape index (κ1) is 11.5. The molecule has 0 saturated carbocycles. The minimum atomic E-state index is -3.47. The molecule has 0 heterocycles. The van der Waals surface area contributed by atoms with E-state index in [4.69, 9.17) is 5.73 Å². The summed E-state index contributed by atoms with van der Waals surface area (Å²) in [5, 5.41) is 0. The van der Waals surface area contributed by atoms with E-state index in [0.717, 1.165) is 6.26 Å². The van der Waals surface area contributed by atoms with Crippen molar-refractivity contribution in [3.8, 4) is 0 Å². The molecule has 1 unspecified atom stereocenters. The van der Waals surface area contributed by atoms with E-state index < -0.39 is 16.0 Å². The van der Waals surface area contributed by atoms with E-state index in [1.807, 2.05) is 0 Å². The monoisotopic (exact) mass is 195 g/mol. The van der Waals surface area contributed by atoms with Gasteiger partial charge in [-0.1, -0.05) is 0 Å². The predicted molar refractivity (Wildman–Crippen MR) is 44.0 cm³/mol. The third-order valence-electron chi connectivity index (χ3n) is 1.34. The highest BCUT2D eigenvalue weighted by atomic mass is 32.2. The SMILES string of the molecule is CC(=O)C(CN)COS(C)(=O)=O. The highest BCUT2D eigenvalue weighted by Gasteiger charge is 2.14. The number of ketones is 1. The van der Waals surface area contributed by atoms with Crippen molar-refractivity contribution in [3.05, 3.63) is 0 Å². The smallest absolute Gasteiger partial charge is 0.264 e. The molecule has 0 aromatic carbocycles. The summed E-state index contributed by atoms with van der Waals surface area (Å²) in [5.74, 6) is -0.694. The Kier molecular flexibility index (Phi) is 4.36. The van der Waals surface area contributed by atoms with Gasteiger partial charge in [0.05, 0.1) is 18.8 Å². The van der Waals surface area contributed by atoms with E-state index in [0.29, 0.717) is 0 Å². The van der Waals surface area contributed by atoms with Crippen molar-refractivity contribution in [1.29, 1.82) is 0 Å². The van der Waals surface area contributed by atoms with Gasteiger partial charge in [0.2, 0.25) is 0 Å². The van der Waals surface area contributed by atoms with Crippen LogP contribution in [0.4, 0.5) is 0 Å². The molecule has 0 aliphatic heterocycles. The van der Waals surface area contributed by atoms with E-state index in [1.54, 1.807) is 0 Å². The molecule has 1 atom stereocenters. The van der Waals surface area contributed by atoms with E-state index in [2.05, 4.69) is 4.18 Å². The summed E-state index contributed by atoms with van der Waals surface area (Å²) in [4.78, 5) is 10.7. The van der Waals surface area contributed by atoms with E-state index >= 15 is 0 Å². The van der Waals surface area contributed by atoms with Gasteiger partial charge in [0.25, 0.3) is 10.1 Å². The Morgan fingerprint density at radius 1 is 1.58 bits per heavy atom. The average Bonchev–Trinajstić information content (AvgIpc) is 1.85. The first-order chi connectivity index (χ1) is 5.37. The molecule has 0 aromatic rings. The molecular formula is C6H13NO4S. The minimum absolute atomic E-state index is 0.102. The van der Waals surface area contributed by atoms with Crippen LogP contribution in [0.25, 0.3) is 0 Å². The predicted octanol–water partition coefficient (Wildman–Crippen LogP) is -0.873. The number of hydrogen-bond donors (Lipinski definition) is 1. The Morgan fingerprint density at radius 3 is 2.33 bits per heavy atom. The molecule has 6 heteroatoms. The van der Waals surface area contributed by atoms with Crippen molar-refractivity contribution in [1.82, 2.24) is 0 Å². The molecule has 0 bridgehead atoms. The molecule has 0 saturated heterocycles. The number of Topliss-reactive ketones (excluding diaryl/α,β-unsaturated/α-hetero) is 1. The van der Waals surface area contributed by atoms with Crippen LogP contribution in [0.2, 0.25) is 0 Å². The summed E-state index contributed by atoms with van der Waals surface area (Å²) in [6.45, 7) is 1.29. The lowest BCUT2D eigenvalue weighted by Gasteiger charge is -2.09. The lowest BCUT2D eigenvalue weighted by Crippen LogP contribution is -2.27. The number of nitrogens with two attached hydrogens (primary N) is 1. The standard InChI is InChI=1S/C6H13NO4S/c1-5(8)6(3-7)4-11-12(2,9)10/h6H,3-4,7H2,1-2H3. The molecule has 72 valence electrons.